The van der Waals surface area contributed by atoms with Gasteiger partial charge in [-0.2, -0.15) is 0 Å². The Bertz CT molecular complexity index is 141. The van der Waals surface area contributed by atoms with Crippen LogP contribution in [0.25, 0.3) is 0 Å². The Morgan fingerprint density at radius 3 is 2.27 bits per heavy atom. The second-order valence-corrected chi connectivity index (χ2v) is 2.70. The van der Waals surface area contributed by atoms with E-state index in [4.69, 9.17) is 17.2 Å². The molecule has 0 aliphatic heterocycles. The Kier molecular flexibility index (Phi) is 3.44. The first-order valence-electron chi connectivity index (χ1n) is 3.34. The van der Waals surface area contributed by atoms with Crippen LogP contribution in [0.5, 0.6) is 0 Å². The maximum absolute atomic E-state index is 10.3. The van der Waals surface area contributed by atoms with Crippen molar-refractivity contribution < 1.29 is 9.53 Å². The monoisotopic (exact) mass is 161 g/mol. The predicted molar refractivity (Wildman–Crippen MR) is 41.1 cm³/mol. The third kappa shape index (κ3) is 4.72. The van der Waals surface area contributed by atoms with Gasteiger partial charge >= 0.3 is 5.97 Å². The second-order valence-electron chi connectivity index (χ2n) is 2.70. The molecule has 0 radical (unpaired) electrons. The van der Waals surface area contributed by atoms with Crippen molar-refractivity contribution in [3.8, 4) is 0 Å². The van der Waals surface area contributed by atoms with E-state index in [1.54, 1.807) is 6.92 Å². The van der Waals surface area contributed by atoms with E-state index in [-0.39, 0.29) is 18.5 Å². The molecule has 6 N–H and O–H groups in total. The van der Waals surface area contributed by atoms with Crippen LogP contribution in [0, 0.1) is 5.92 Å². The Balaban J connectivity index is 3.70. The van der Waals surface area contributed by atoms with Gasteiger partial charge < -0.3 is 21.9 Å². The quantitative estimate of drug-likeness (QED) is 0.353. The van der Waals surface area contributed by atoms with Crippen molar-refractivity contribution in [2.75, 3.05) is 6.61 Å². The van der Waals surface area contributed by atoms with Gasteiger partial charge in [0.2, 0.25) is 0 Å². The Morgan fingerprint density at radius 2 is 2.00 bits per heavy atom. The third-order valence-corrected chi connectivity index (χ3v) is 1.39. The van der Waals surface area contributed by atoms with Gasteiger partial charge in [-0.3, -0.25) is 4.79 Å². The lowest BCUT2D eigenvalue weighted by Gasteiger charge is -2.25. The lowest BCUT2D eigenvalue weighted by Crippen LogP contribution is -2.63. The van der Waals surface area contributed by atoms with Gasteiger partial charge in [0.15, 0.2) is 0 Å². The molecule has 0 saturated carbocycles. The highest BCUT2D eigenvalue weighted by molar-refractivity contribution is 5.65. The normalized spacial score (nSPS) is 14.3. The highest BCUT2D eigenvalue weighted by Crippen LogP contribution is 2.02. The average molecular weight is 161 g/mol. The molecule has 0 aliphatic carbocycles. The summed E-state index contributed by atoms with van der Waals surface area (Å²) >= 11 is 0. The largest absolute Gasteiger partial charge is 0.465 e. The van der Waals surface area contributed by atoms with Gasteiger partial charge in [-0.1, -0.05) is 6.92 Å². The van der Waals surface area contributed by atoms with Crippen molar-refractivity contribution in [3.05, 3.63) is 0 Å². The number of carbonyl (C=O) groups is 1. The maximum atomic E-state index is 10.3. The van der Waals surface area contributed by atoms with Crippen LogP contribution in [-0.2, 0) is 9.53 Å². The summed E-state index contributed by atoms with van der Waals surface area (Å²) in [5.74, 6) is -1.90. The first-order valence-corrected chi connectivity index (χ1v) is 3.34. The van der Waals surface area contributed by atoms with Gasteiger partial charge in [0, 0.05) is 12.8 Å². The van der Waals surface area contributed by atoms with E-state index >= 15 is 0 Å². The van der Waals surface area contributed by atoms with Crippen molar-refractivity contribution in [3.63, 3.8) is 0 Å². The summed E-state index contributed by atoms with van der Waals surface area (Å²) in [6, 6.07) is 0. The van der Waals surface area contributed by atoms with Gasteiger partial charge in [-0.15, -0.1) is 0 Å². The van der Waals surface area contributed by atoms with E-state index in [1.165, 1.54) is 6.92 Å². The molecule has 0 spiro atoms. The molecule has 0 heterocycles. The zero-order valence-corrected chi connectivity index (χ0v) is 6.83. The molecule has 5 nitrogen and oxygen atoms in total. The second kappa shape index (κ2) is 3.66. The fraction of sp³-hybridized carbons (Fsp3) is 0.833. The van der Waals surface area contributed by atoms with Crippen molar-refractivity contribution in [2.45, 2.75) is 19.6 Å². The smallest absolute Gasteiger partial charge is 0.302 e. The van der Waals surface area contributed by atoms with Crippen LogP contribution in [0.4, 0.5) is 0 Å². The molecule has 1 atom stereocenters. The van der Waals surface area contributed by atoms with Crippen LogP contribution in [0.3, 0.4) is 0 Å². The lowest BCUT2D eigenvalue weighted by atomic mass is 10.1. The molecule has 0 amide bonds. The fourth-order valence-corrected chi connectivity index (χ4v) is 0.387. The third-order valence-electron chi connectivity index (χ3n) is 1.39. The predicted octanol–water partition coefficient (Wildman–Crippen LogP) is -1.28. The molecule has 0 aromatic carbocycles. The first kappa shape index (κ1) is 10.3. The van der Waals surface area contributed by atoms with Gasteiger partial charge in [0.1, 0.15) is 5.79 Å². The molecule has 5 heteroatoms. The highest BCUT2D eigenvalue weighted by Gasteiger charge is 2.22. The number of ether oxygens (including phenoxy) is 1. The van der Waals surface area contributed by atoms with E-state index in [0.29, 0.717) is 0 Å². The van der Waals surface area contributed by atoms with Gasteiger partial charge in [-0.05, 0) is 0 Å². The van der Waals surface area contributed by atoms with Crippen LogP contribution in [0.1, 0.15) is 13.8 Å². The molecule has 0 aromatic rings. The topological polar surface area (TPSA) is 104 Å². The van der Waals surface area contributed by atoms with E-state index in [0.717, 1.165) is 0 Å². The lowest BCUT2D eigenvalue weighted by molar-refractivity contribution is -0.142. The van der Waals surface area contributed by atoms with Crippen LogP contribution >= 0.6 is 0 Å². The molecule has 0 bridgehead atoms. The summed E-state index contributed by atoms with van der Waals surface area (Å²) in [6.07, 6.45) is 0. The number of hydrogen-bond acceptors (Lipinski definition) is 5. The number of rotatable bonds is 3. The summed E-state index contributed by atoms with van der Waals surface area (Å²) < 4.78 is 4.65. The maximum Gasteiger partial charge on any atom is 0.302 e. The fourth-order valence-electron chi connectivity index (χ4n) is 0.387. The zero-order valence-electron chi connectivity index (χ0n) is 6.83. The van der Waals surface area contributed by atoms with Crippen LogP contribution in [0.2, 0.25) is 0 Å². The van der Waals surface area contributed by atoms with E-state index in [9.17, 15) is 4.79 Å². The van der Waals surface area contributed by atoms with Crippen LogP contribution < -0.4 is 17.2 Å². The molecule has 0 aromatic heterocycles. The van der Waals surface area contributed by atoms with E-state index < -0.39 is 5.79 Å². The average Bonchev–Trinajstić information content (AvgIpc) is 1.80. The van der Waals surface area contributed by atoms with Crippen molar-refractivity contribution >= 4 is 5.97 Å². The van der Waals surface area contributed by atoms with Crippen molar-refractivity contribution in [2.24, 2.45) is 23.1 Å². The van der Waals surface area contributed by atoms with Crippen LogP contribution in [-0.4, -0.2) is 18.4 Å². The molecular formula is C6H15N3O2. The summed E-state index contributed by atoms with van der Waals surface area (Å²) in [4.78, 5) is 10.3. The number of carbonyl (C=O) groups excluding carboxylic acids is 1. The molecule has 1 unspecified atom stereocenters. The minimum Gasteiger partial charge on any atom is -0.465 e. The number of esters is 1. The number of nitrogens with two attached hydrogens (primary N) is 3. The Labute approximate surface area is 65.9 Å². The highest BCUT2D eigenvalue weighted by atomic mass is 16.5. The van der Waals surface area contributed by atoms with Gasteiger partial charge in [-0.25, -0.2) is 0 Å². The van der Waals surface area contributed by atoms with Gasteiger partial charge in [0.25, 0.3) is 0 Å². The molecule has 66 valence electrons. The molecule has 0 fully saturated rings. The standard InChI is InChI=1S/C6H15N3O2/c1-4(6(7,8)9)3-11-5(2)10/h4H,3,7-9H2,1-2H3. The minimum absolute atomic E-state index is 0.152. The Morgan fingerprint density at radius 1 is 1.55 bits per heavy atom. The van der Waals surface area contributed by atoms with E-state index in [1.807, 2.05) is 0 Å². The molecule has 0 saturated heterocycles. The molecular weight excluding hydrogens is 146 g/mol. The molecule has 11 heavy (non-hydrogen) atoms. The summed E-state index contributed by atoms with van der Waals surface area (Å²) in [5, 5.41) is 0. The summed E-state index contributed by atoms with van der Waals surface area (Å²) in [6.45, 7) is 3.18. The minimum atomic E-state index is -1.28. The first-order chi connectivity index (χ1) is 4.84. The molecule has 0 rings (SSSR count). The van der Waals surface area contributed by atoms with Gasteiger partial charge in [0.05, 0.1) is 6.61 Å². The zero-order chi connectivity index (χ0) is 9.07. The van der Waals surface area contributed by atoms with Crippen molar-refractivity contribution in [1.82, 2.24) is 0 Å². The van der Waals surface area contributed by atoms with Crippen LogP contribution in [0.15, 0.2) is 0 Å². The molecule has 0 aliphatic rings. The van der Waals surface area contributed by atoms with Crippen molar-refractivity contribution in [1.29, 1.82) is 0 Å². The van der Waals surface area contributed by atoms with E-state index in [2.05, 4.69) is 4.74 Å². The summed E-state index contributed by atoms with van der Waals surface area (Å²) in [5.41, 5.74) is 16.0. The summed E-state index contributed by atoms with van der Waals surface area (Å²) in [7, 11) is 0. The SMILES string of the molecule is CC(=O)OCC(C)C(N)(N)N. The Hall–Kier alpha value is -0.650. The number of hydrogen-bond donors (Lipinski definition) is 3.